The molecule has 1 aromatic rings. The number of hydrogen-bond donors (Lipinski definition) is 1. The van der Waals surface area contributed by atoms with E-state index in [1.54, 1.807) is 0 Å². The zero-order valence-corrected chi connectivity index (χ0v) is 12.6. The first-order valence-electron chi connectivity index (χ1n) is 7.54. The van der Waals surface area contributed by atoms with Gasteiger partial charge in [-0.25, -0.2) is 0 Å². The fourth-order valence-corrected chi connectivity index (χ4v) is 3.20. The Kier molecular flexibility index (Phi) is 4.46. The van der Waals surface area contributed by atoms with Gasteiger partial charge in [-0.05, 0) is 31.2 Å². The van der Waals surface area contributed by atoms with Crippen molar-refractivity contribution in [1.82, 2.24) is 4.98 Å². The smallest absolute Gasteiger partial charge is 0.0445 e. The number of hydrogen-bond acceptors (Lipinski definition) is 3. The van der Waals surface area contributed by atoms with E-state index >= 15 is 0 Å². The lowest BCUT2D eigenvalue weighted by Crippen LogP contribution is -2.40. The summed E-state index contributed by atoms with van der Waals surface area (Å²) in [4.78, 5) is 6.86. The molecule has 1 saturated heterocycles. The van der Waals surface area contributed by atoms with Crippen LogP contribution in [0.25, 0.3) is 0 Å². The lowest BCUT2D eigenvalue weighted by molar-refractivity contribution is 0.199. The Labute approximate surface area is 117 Å². The zero-order valence-electron chi connectivity index (χ0n) is 12.6. The Morgan fingerprint density at radius 3 is 2.42 bits per heavy atom. The maximum atomic E-state index is 5.85. The van der Waals surface area contributed by atoms with E-state index in [0.717, 1.165) is 18.8 Å². The van der Waals surface area contributed by atoms with E-state index in [4.69, 9.17) is 5.73 Å². The molecule has 1 aliphatic heterocycles. The first-order valence-corrected chi connectivity index (χ1v) is 7.54. The number of nitrogens with two attached hydrogens (primary N) is 1. The molecule has 0 radical (unpaired) electrons. The standard InChI is InChI=1S/C16H27N3/c1-4-16(5-2)6-8-19(9-7-16)15-10-13(3)18-12-14(15)11-17/h10,12H,4-9,11,17H2,1-3H3. The summed E-state index contributed by atoms with van der Waals surface area (Å²) in [6, 6.07) is 2.19. The Hall–Kier alpha value is -1.09. The lowest BCUT2D eigenvalue weighted by Gasteiger charge is -2.42. The summed E-state index contributed by atoms with van der Waals surface area (Å²) in [6.07, 6.45) is 7.13. The molecule has 0 aliphatic carbocycles. The third-order valence-corrected chi connectivity index (χ3v) is 4.98. The van der Waals surface area contributed by atoms with Crippen LogP contribution >= 0.6 is 0 Å². The average molecular weight is 261 g/mol. The quantitative estimate of drug-likeness (QED) is 0.904. The molecule has 0 amide bonds. The van der Waals surface area contributed by atoms with Crippen LogP contribution in [0.3, 0.4) is 0 Å². The Balaban J connectivity index is 2.15. The van der Waals surface area contributed by atoms with Gasteiger partial charge in [0, 0.05) is 42.8 Å². The van der Waals surface area contributed by atoms with Gasteiger partial charge in [0.05, 0.1) is 0 Å². The molecule has 1 fully saturated rings. The van der Waals surface area contributed by atoms with E-state index in [2.05, 4.69) is 36.7 Å². The molecule has 0 saturated carbocycles. The highest BCUT2D eigenvalue weighted by Gasteiger charge is 2.31. The number of aromatic nitrogens is 1. The van der Waals surface area contributed by atoms with Crippen molar-refractivity contribution in [2.75, 3.05) is 18.0 Å². The normalized spacial score (nSPS) is 18.6. The van der Waals surface area contributed by atoms with Crippen molar-refractivity contribution in [3.05, 3.63) is 23.5 Å². The van der Waals surface area contributed by atoms with Crippen LogP contribution in [0.2, 0.25) is 0 Å². The first-order chi connectivity index (χ1) is 9.14. The minimum absolute atomic E-state index is 0.571. The molecular weight excluding hydrogens is 234 g/mol. The minimum Gasteiger partial charge on any atom is -0.371 e. The van der Waals surface area contributed by atoms with Gasteiger partial charge in [-0.15, -0.1) is 0 Å². The Morgan fingerprint density at radius 1 is 1.26 bits per heavy atom. The van der Waals surface area contributed by atoms with Crippen molar-refractivity contribution in [2.45, 2.75) is 53.0 Å². The number of nitrogens with zero attached hydrogens (tertiary/aromatic N) is 2. The van der Waals surface area contributed by atoms with E-state index in [-0.39, 0.29) is 0 Å². The van der Waals surface area contributed by atoms with Crippen molar-refractivity contribution < 1.29 is 0 Å². The van der Waals surface area contributed by atoms with Gasteiger partial charge in [-0.3, -0.25) is 4.98 Å². The van der Waals surface area contributed by atoms with Gasteiger partial charge in [-0.1, -0.05) is 26.7 Å². The predicted molar refractivity (Wildman–Crippen MR) is 81.3 cm³/mol. The van der Waals surface area contributed by atoms with Gasteiger partial charge in [-0.2, -0.15) is 0 Å². The summed E-state index contributed by atoms with van der Waals surface area (Å²) in [6.45, 7) is 9.60. The van der Waals surface area contributed by atoms with E-state index in [9.17, 15) is 0 Å². The van der Waals surface area contributed by atoms with Crippen LogP contribution in [0.15, 0.2) is 12.3 Å². The number of aryl methyl sites for hydroxylation is 1. The molecule has 0 aromatic carbocycles. The van der Waals surface area contributed by atoms with Crippen molar-refractivity contribution in [2.24, 2.45) is 11.1 Å². The van der Waals surface area contributed by atoms with Crippen molar-refractivity contribution >= 4 is 5.69 Å². The Morgan fingerprint density at radius 2 is 1.89 bits per heavy atom. The van der Waals surface area contributed by atoms with Gasteiger partial charge < -0.3 is 10.6 Å². The molecule has 1 aromatic heterocycles. The van der Waals surface area contributed by atoms with Crippen LogP contribution in [0.1, 0.15) is 50.8 Å². The third kappa shape index (κ3) is 2.92. The summed E-state index contributed by atoms with van der Waals surface area (Å²) in [5.74, 6) is 0. The molecule has 1 aliphatic rings. The van der Waals surface area contributed by atoms with Crippen LogP contribution in [-0.4, -0.2) is 18.1 Å². The van der Waals surface area contributed by atoms with Crippen molar-refractivity contribution in [3.8, 4) is 0 Å². The number of piperidine rings is 1. The van der Waals surface area contributed by atoms with Gasteiger partial charge >= 0.3 is 0 Å². The highest BCUT2D eigenvalue weighted by atomic mass is 15.1. The molecule has 2 rings (SSSR count). The van der Waals surface area contributed by atoms with Gasteiger partial charge in [0.1, 0.15) is 0 Å². The van der Waals surface area contributed by atoms with Gasteiger partial charge in [0.25, 0.3) is 0 Å². The van der Waals surface area contributed by atoms with Gasteiger partial charge in [0.15, 0.2) is 0 Å². The van der Waals surface area contributed by atoms with Crippen LogP contribution in [0.5, 0.6) is 0 Å². The zero-order chi connectivity index (χ0) is 13.9. The second-order valence-electron chi connectivity index (χ2n) is 5.85. The summed E-state index contributed by atoms with van der Waals surface area (Å²) < 4.78 is 0. The molecule has 0 unspecified atom stereocenters. The second-order valence-corrected chi connectivity index (χ2v) is 5.85. The highest BCUT2D eigenvalue weighted by Crippen LogP contribution is 2.39. The first kappa shape index (κ1) is 14.3. The predicted octanol–water partition coefficient (Wildman–Crippen LogP) is 3.26. The van der Waals surface area contributed by atoms with E-state index in [1.807, 2.05) is 6.20 Å². The number of rotatable bonds is 4. The lowest BCUT2D eigenvalue weighted by atomic mass is 9.74. The molecule has 106 valence electrons. The molecule has 0 atom stereocenters. The van der Waals surface area contributed by atoms with E-state index in [0.29, 0.717) is 12.0 Å². The minimum atomic E-state index is 0.571. The van der Waals surface area contributed by atoms with Crippen LogP contribution in [0.4, 0.5) is 5.69 Å². The number of anilines is 1. The summed E-state index contributed by atoms with van der Waals surface area (Å²) in [5, 5.41) is 0. The van der Waals surface area contributed by atoms with Crippen molar-refractivity contribution in [1.29, 1.82) is 0 Å². The molecule has 0 bridgehead atoms. The van der Waals surface area contributed by atoms with Crippen molar-refractivity contribution in [3.63, 3.8) is 0 Å². The van der Waals surface area contributed by atoms with E-state index < -0.39 is 0 Å². The number of pyridine rings is 1. The van der Waals surface area contributed by atoms with Crippen LogP contribution in [-0.2, 0) is 6.54 Å². The maximum Gasteiger partial charge on any atom is 0.0445 e. The fourth-order valence-electron chi connectivity index (χ4n) is 3.20. The van der Waals surface area contributed by atoms with E-state index in [1.165, 1.54) is 36.9 Å². The molecule has 2 N–H and O–H groups in total. The summed E-state index contributed by atoms with van der Waals surface area (Å²) >= 11 is 0. The molecule has 0 spiro atoms. The molecular formula is C16H27N3. The van der Waals surface area contributed by atoms with Gasteiger partial charge in [0.2, 0.25) is 0 Å². The second kappa shape index (κ2) is 5.91. The average Bonchev–Trinajstić information content (AvgIpc) is 2.47. The summed E-state index contributed by atoms with van der Waals surface area (Å²) in [5.41, 5.74) is 9.97. The SMILES string of the molecule is CCC1(CC)CCN(c2cc(C)ncc2CN)CC1. The highest BCUT2D eigenvalue weighted by molar-refractivity contribution is 5.54. The van der Waals surface area contributed by atoms with Crippen LogP contribution < -0.4 is 10.6 Å². The summed E-state index contributed by atoms with van der Waals surface area (Å²) in [7, 11) is 0. The largest absolute Gasteiger partial charge is 0.371 e. The monoisotopic (exact) mass is 261 g/mol. The molecule has 3 nitrogen and oxygen atoms in total. The molecule has 3 heteroatoms. The molecule has 2 heterocycles. The fraction of sp³-hybridized carbons (Fsp3) is 0.688. The topological polar surface area (TPSA) is 42.2 Å². The van der Waals surface area contributed by atoms with Crippen LogP contribution in [0, 0.1) is 12.3 Å². The maximum absolute atomic E-state index is 5.85. The Bertz CT molecular complexity index is 414. The molecule has 19 heavy (non-hydrogen) atoms. The third-order valence-electron chi connectivity index (χ3n) is 4.98.